The van der Waals surface area contributed by atoms with Crippen LogP contribution in [-0.2, 0) is 0 Å². The molecule has 2 fully saturated rings. The molecule has 0 aromatic rings. The van der Waals surface area contributed by atoms with E-state index in [9.17, 15) is 0 Å². The van der Waals surface area contributed by atoms with Crippen molar-refractivity contribution in [2.75, 3.05) is 0 Å². The molecule has 0 aromatic heterocycles. The molecule has 2 rings (SSSR count). The Labute approximate surface area is 64.0 Å². The molecule has 2 saturated carbocycles. The molecule has 0 nitrogen and oxygen atoms in total. The molecule has 0 aromatic carbocycles. The summed E-state index contributed by atoms with van der Waals surface area (Å²) in [4.78, 5) is 0. The third-order valence-corrected chi connectivity index (χ3v) is 2.95. The zero-order chi connectivity index (χ0) is 6.97. The van der Waals surface area contributed by atoms with Crippen LogP contribution in [0.1, 0.15) is 39.0 Å². The first-order valence-corrected chi connectivity index (χ1v) is 4.60. The zero-order valence-corrected chi connectivity index (χ0v) is 6.77. The molecule has 0 saturated heterocycles. The molecule has 2 aliphatic rings. The highest BCUT2D eigenvalue weighted by Crippen LogP contribution is 2.41. The number of rotatable bonds is 2. The second kappa shape index (κ2) is 2.56. The molecule has 56 valence electrons. The Hall–Kier alpha value is 0. The van der Waals surface area contributed by atoms with Crippen LogP contribution in [0.3, 0.4) is 0 Å². The summed E-state index contributed by atoms with van der Waals surface area (Å²) in [5.41, 5.74) is 0. The molecule has 0 N–H and O–H groups in total. The molecule has 2 aliphatic carbocycles. The van der Waals surface area contributed by atoms with Crippen molar-refractivity contribution in [1.82, 2.24) is 0 Å². The lowest BCUT2D eigenvalue weighted by molar-refractivity contribution is 0.204. The van der Waals surface area contributed by atoms with E-state index in [-0.39, 0.29) is 0 Å². The second-order valence-corrected chi connectivity index (χ2v) is 4.07. The molecule has 0 heteroatoms. The lowest BCUT2D eigenvalue weighted by atomic mass is 9.68. The van der Waals surface area contributed by atoms with Crippen LogP contribution in [0.4, 0.5) is 0 Å². The average molecular weight is 136 g/mol. The SMILES string of the molecule is CC1CC([C]C2CCC2)C1. The molecule has 2 radical (unpaired) electrons. The standard InChI is InChI=1S/C10H16/c1-8-5-10(6-8)7-9-3-2-4-9/h8-10H,2-6H2,1H3. The number of hydrogen-bond acceptors (Lipinski definition) is 0. The predicted molar refractivity (Wildman–Crippen MR) is 42.5 cm³/mol. The molecular formula is C10H16. The van der Waals surface area contributed by atoms with E-state index in [0.717, 1.165) is 17.8 Å². The van der Waals surface area contributed by atoms with Crippen LogP contribution in [0, 0.1) is 24.2 Å². The van der Waals surface area contributed by atoms with Crippen LogP contribution in [0.15, 0.2) is 0 Å². The van der Waals surface area contributed by atoms with Crippen LogP contribution >= 0.6 is 0 Å². The van der Waals surface area contributed by atoms with Gasteiger partial charge in [-0.2, -0.15) is 0 Å². The van der Waals surface area contributed by atoms with Crippen LogP contribution in [0.25, 0.3) is 0 Å². The Morgan fingerprint density at radius 1 is 1.10 bits per heavy atom. The van der Waals surface area contributed by atoms with E-state index in [0.29, 0.717) is 0 Å². The molecule has 0 spiro atoms. The van der Waals surface area contributed by atoms with Gasteiger partial charge in [0.2, 0.25) is 0 Å². The van der Waals surface area contributed by atoms with Crippen LogP contribution in [-0.4, -0.2) is 0 Å². The summed E-state index contributed by atoms with van der Waals surface area (Å²) in [5, 5.41) is 0. The fourth-order valence-corrected chi connectivity index (χ4v) is 1.95. The molecule has 0 aliphatic heterocycles. The highest BCUT2D eigenvalue weighted by atomic mass is 14.3. The van der Waals surface area contributed by atoms with Crippen molar-refractivity contribution in [3.63, 3.8) is 0 Å². The molecular weight excluding hydrogens is 120 g/mol. The lowest BCUT2D eigenvalue weighted by Gasteiger charge is -2.37. The Morgan fingerprint density at radius 3 is 2.20 bits per heavy atom. The maximum absolute atomic E-state index is 3.68. The summed E-state index contributed by atoms with van der Waals surface area (Å²) >= 11 is 0. The highest BCUT2D eigenvalue weighted by Gasteiger charge is 2.30. The summed E-state index contributed by atoms with van der Waals surface area (Å²) in [6, 6.07) is 0. The predicted octanol–water partition coefficient (Wildman–Crippen LogP) is 2.91. The van der Waals surface area contributed by atoms with E-state index in [4.69, 9.17) is 0 Å². The van der Waals surface area contributed by atoms with E-state index < -0.39 is 0 Å². The Balaban J connectivity index is 1.62. The van der Waals surface area contributed by atoms with E-state index >= 15 is 0 Å². The van der Waals surface area contributed by atoms with Gasteiger partial charge in [-0.3, -0.25) is 0 Å². The summed E-state index contributed by atoms with van der Waals surface area (Å²) < 4.78 is 0. The van der Waals surface area contributed by atoms with Crippen LogP contribution in [0.5, 0.6) is 0 Å². The quantitative estimate of drug-likeness (QED) is 0.547. The topological polar surface area (TPSA) is 0 Å². The van der Waals surface area contributed by atoms with Gasteiger partial charge in [-0.15, -0.1) is 0 Å². The van der Waals surface area contributed by atoms with Crippen molar-refractivity contribution in [3.8, 4) is 0 Å². The Morgan fingerprint density at radius 2 is 1.80 bits per heavy atom. The van der Waals surface area contributed by atoms with E-state index in [1.54, 1.807) is 0 Å². The molecule has 0 bridgehead atoms. The van der Waals surface area contributed by atoms with Gasteiger partial charge in [0.15, 0.2) is 0 Å². The van der Waals surface area contributed by atoms with Crippen molar-refractivity contribution >= 4 is 0 Å². The first kappa shape index (κ1) is 6.69. The van der Waals surface area contributed by atoms with Gasteiger partial charge in [0.1, 0.15) is 0 Å². The third-order valence-electron chi connectivity index (χ3n) is 2.95. The van der Waals surface area contributed by atoms with Gasteiger partial charge in [0.05, 0.1) is 0 Å². The van der Waals surface area contributed by atoms with Crippen molar-refractivity contribution in [2.45, 2.75) is 39.0 Å². The molecule has 0 unspecified atom stereocenters. The van der Waals surface area contributed by atoms with Crippen molar-refractivity contribution in [1.29, 1.82) is 0 Å². The Kier molecular flexibility index (Phi) is 1.71. The molecule has 0 atom stereocenters. The molecule has 0 amide bonds. The first-order chi connectivity index (χ1) is 4.84. The smallest absolute Gasteiger partial charge is 0.0106 e. The fraction of sp³-hybridized carbons (Fsp3) is 0.900. The minimum atomic E-state index is 0.889. The largest absolute Gasteiger partial charge is 0.0625 e. The second-order valence-electron chi connectivity index (χ2n) is 4.07. The van der Waals surface area contributed by atoms with Crippen LogP contribution < -0.4 is 0 Å². The molecule has 0 heterocycles. The molecule has 10 heavy (non-hydrogen) atoms. The number of hydrogen-bond donors (Lipinski definition) is 0. The van der Waals surface area contributed by atoms with Gasteiger partial charge in [-0.25, -0.2) is 0 Å². The monoisotopic (exact) mass is 136 g/mol. The van der Waals surface area contributed by atoms with Crippen LogP contribution in [0.2, 0.25) is 0 Å². The zero-order valence-electron chi connectivity index (χ0n) is 6.77. The first-order valence-electron chi connectivity index (χ1n) is 4.60. The highest BCUT2D eigenvalue weighted by molar-refractivity contribution is 4.93. The van der Waals surface area contributed by atoms with Gasteiger partial charge in [-0.1, -0.05) is 13.3 Å². The van der Waals surface area contributed by atoms with Gasteiger partial charge < -0.3 is 0 Å². The summed E-state index contributed by atoms with van der Waals surface area (Å²) in [5.74, 6) is 2.79. The average Bonchev–Trinajstić information content (AvgIpc) is 1.72. The maximum Gasteiger partial charge on any atom is -0.0106 e. The fourth-order valence-electron chi connectivity index (χ4n) is 1.95. The normalized spacial score (nSPS) is 40.5. The van der Waals surface area contributed by atoms with E-state index in [2.05, 4.69) is 13.3 Å². The Bertz CT molecular complexity index is 107. The van der Waals surface area contributed by atoms with Gasteiger partial charge in [0.25, 0.3) is 0 Å². The third kappa shape index (κ3) is 1.21. The van der Waals surface area contributed by atoms with Crippen molar-refractivity contribution < 1.29 is 0 Å². The summed E-state index contributed by atoms with van der Waals surface area (Å²) in [6.45, 7) is 2.35. The summed E-state index contributed by atoms with van der Waals surface area (Å²) in [6.07, 6.45) is 10.9. The van der Waals surface area contributed by atoms with E-state index in [1.807, 2.05) is 0 Å². The van der Waals surface area contributed by atoms with Gasteiger partial charge >= 0.3 is 0 Å². The van der Waals surface area contributed by atoms with Gasteiger partial charge in [-0.05, 0) is 49.9 Å². The lowest BCUT2D eigenvalue weighted by Crippen LogP contribution is -2.26. The van der Waals surface area contributed by atoms with Gasteiger partial charge in [0, 0.05) is 0 Å². The maximum atomic E-state index is 3.68. The minimum Gasteiger partial charge on any atom is -0.0625 e. The summed E-state index contributed by atoms with van der Waals surface area (Å²) in [7, 11) is 0. The minimum absolute atomic E-state index is 0.889. The van der Waals surface area contributed by atoms with Crippen molar-refractivity contribution in [3.05, 3.63) is 6.42 Å². The van der Waals surface area contributed by atoms with E-state index in [1.165, 1.54) is 32.1 Å². The van der Waals surface area contributed by atoms with Crippen molar-refractivity contribution in [2.24, 2.45) is 17.8 Å².